The van der Waals surface area contributed by atoms with E-state index in [0.717, 1.165) is 24.4 Å². The maximum absolute atomic E-state index is 5.98. The van der Waals surface area contributed by atoms with Crippen molar-refractivity contribution in [2.75, 3.05) is 19.0 Å². The van der Waals surface area contributed by atoms with Crippen molar-refractivity contribution >= 4 is 11.6 Å². The molecule has 1 aromatic rings. The number of nitrogens with zero attached hydrogens (tertiary/aromatic N) is 1. The van der Waals surface area contributed by atoms with E-state index in [0.29, 0.717) is 0 Å². The van der Waals surface area contributed by atoms with E-state index < -0.39 is 0 Å². The van der Waals surface area contributed by atoms with Crippen LogP contribution in [-0.2, 0) is 6.42 Å². The highest BCUT2D eigenvalue weighted by Crippen LogP contribution is 2.36. The first kappa shape index (κ1) is 12.5. The lowest BCUT2D eigenvalue weighted by Crippen LogP contribution is -2.40. The van der Waals surface area contributed by atoms with Crippen molar-refractivity contribution in [2.45, 2.75) is 44.1 Å². The van der Waals surface area contributed by atoms with Gasteiger partial charge in [0.25, 0.3) is 0 Å². The van der Waals surface area contributed by atoms with E-state index in [1.807, 2.05) is 0 Å². The third kappa shape index (κ3) is 2.44. The zero-order valence-electron chi connectivity index (χ0n) is 10.9. The lowest BCUT2D eigenvalue weighted by atomic mass is 9.77. The molecule has 1 saturated carbocycles. The SMILES string of the molecule is ClCCN(CC1Cc2ccccc21)C1CCCC1. The van der Waals surface area contributed by atoms with Crippen molar-refractivity contribution in [1.29, 1.82) is 0 Å². The fraction of sp³-hybridized carbons (Fsp3) is 0.625. The minimum absolute atomic E-state index is 0.755. The zero-order chi connectivity index (χ0) is 12.4. The summed E-state index contributed by atoms with van der Waals surface area (Å²) in [5.41, 5.74) is 3.13. The van der Waals surface area contributed by atoms with E-state index in [4.69, 9.17) is 11.6 Å². The molecule has 98 valence electrons. The molecule has 2 heteroatoms. The van der Waals surface area contributed by atoms with Crippen molar-refractivity contribution in [2.24, 2.45) is 0 Å². The molecule has 0 aromatic heterocycles. The largest absolute Gasteiger partial charge is 0.299 e. The molecule has 0 amide bonds. The molecule has 0 bridgehead atoms. The van der Waals surface area contributed by atoms with Gasteiger partial charge in [-0.25, -0.2) is 0 Å². The fourth-order valence-corrected chi connectivity index (χ4v) is 3.83. The summed E-state index contributed by atoms with van der Waals surface area (Å²) in [5.74, 6) is 1.52. The molecule has 1 fully saturated rings. The van der Waals surface area contributed by atoms with Crippen LogP contribution in [0, 0.1) is 0 Å². The van der Waals surface area contributed by atoms with Gasteiger partial charge >= 0.3 is 0 Å². The second kappa shape index (κ2) is 5.63. The van der Waals surface area contributed by atoms with Crippen molar-refractivity contribution < 1.29 is 0 Å². The molecule has 1 unspecified atom stereocenters. The molecule has 0 N–H and O–H groups in total. The highest BCUT2D eigenvalue weighted by molar-refractivity contribution is 6.18. The highest BCUT2D eigenvalue weighted by atomic mass is 35.5. The third-order valence-electron chi connectivity index (χ3n) is 4.63. The van der Waals surface area contributed by atoms with Crippen LogP contribution in [0.15, 0.2) is 24.3 Å². The van der Waals surface area contributed by atoms with Gasteiger partial charge in [-0.15, -0.1) is 11.6 Å². The van der Waals surface area contributed by atoms with Gasteiger partial charge in [0, 0.05) is 30.9 Å². The summed E-state index contributed by atoms with van der Waals surface area (Å²) in [4.78, 5) is 2.65. The molecule has 0 spiro atoms. The quantitative estimate of drug-likeness (QED) is 0.731. The van der Waals surface area contributed by atoms with Gasteiger partial charge in [-0.2, -0.15) is 0 Å². The minimum atomic E-state index is 0.755. The summed E-state index contributed by atoms with van der Waals surface area (Å²) in [6.45, 7) is 2.28. The molecule has 3 rings (SSSR count). The standard InChI is InChI=1S/C16H22ClN/c17-9-10-18(15-6-2-3-7-15)12-14-11-13-5-1-4-8-16(13)14/h1,4-5,8,14-15H,2-3,6-7,9-12H2. The second-order valence-electron chi connectivity index (χ2n) is 5.72. The Hall–Kier alpha value is -0.530. The van der Waals surface area contributed by atoms with E-state index in [1.165, 1.54) is 38.6 Å². The number of benzene rings is 1. The van der Waals surface area contributed by atoms with Gasteiger partial charge in [-0.1, -0.05) is 37.1 Å². The van der Waals surface area contributed by atoms with E-state index in [2.05, 4.69) is 29.2 Å². The molecule has 0 heterocycles. The van der Waals surface area contributed by atoms with Crippen LogP contribution in [0.2, 0.25) is 0 Å². The maximum Gasteiger partial charge on any atom is 0.0351 e. The number of rotatable bonds is 5. The number of hydrogen-bond donors (Lipinski definition) is 0. The molecule has 1 aromatic carbocycles. The predicted octanol–water partition coefficient (Wildman–Crippen LogP) is 3.81. The summed E-state index contributed by atoms with van der Waals surface area (Å²) < 4.78 is 0. The molecule has 1 nitrogen and oxygen atoms in total. The summed E-state index contributed by atoms with van der Waals surface area (Å²) in [6.07, 6.45) is 6.84. The van der Waals surface area contributed by atoms with Crippen LogP contribution in [0.1, 0.15) is 42.7 Å². The van der Waals surface area contributed by atoms with Gasteiger partial charge < -0.3 is 0 Å². The average Bonchev–Trinajstić information content (AvgIpc) is 2.88. The Morgan fingerprint density at radius 3 is 2.67 bits per heavy atom. The Morgan fingerprint density at radius 2 is 1.94 bits per heavy atom. The number of hydrogen-bond acceptors (Lipinski definition) is 1. The van der Waals surface area contributed by atoms with Crippen molar-refractivity contribution in [1.82, 2.24) is 4.90 Å². The first-order valence-corrected chi connectivity index (χ1v) is 7.80. The van der Waals surface area contributed by atoms with Crippen LogP contribution >= 0.6 is 11.6 Å². The summed E-state index contributed by atoms with van der Waals surface area (Å²) in [7, 11) is 0. The van der Waals surface area contributed by atoms with Crippen LogP contribution < -0.4 is 0 Å². The number of halogens is 1. The van der Waals surface area contributed by atoms with E-state index in [9.17, 15) is 0 Å². The first-order chi connectivity index (χ1) is 8.88. The molecule has 0 saturated heterocycles. The van der Waals surface area contributed by atoms with Gasteiger partial charge in [-0.05, 0) is 30.4 Å². The van der Waals surface area contributed by atoms with Gasteiger partial charge in [-0.3, -0.25) is 4.90 Å². The van der Waals surface area contributed by atoms with Gasteiger partial charge in [0.2, 0.25) is 0 Å². The molecule has 0 radical (unpaired) electrons. The van der Waals surface area contributed by atoms with Crippen LogP contribution in [0.4, 0.5) is 0 Å². The number of fused-ring (bicyclic) bond motifs is 1. The lowest BCUT2D eigenvalue weighted by molar-refractivity contribution is 0.191. The molecule has 2 aliphatic carbocycles. The molecule has 0 aliphatic heterocycles. The summed E-state index contributed by atoms with van der Waals surface area (Å²) >= 11 is 5.98. The summed E-state index contributed by atoms with van der Waals surface area (Å²) in [5, 5.41) is 0. The monoisotopic (exact) mass is 263 g/mol. The molecule has 1 atom stereocenters. The van der Waals surface area contributed by atoms with E-state index >= 15 is 0 Å². The Balaban J connectivity index is 1.63. The van der Waals surface area contributed by atoms with Crippen LogP contribution in [0.3, 0.4) is 0 Å². The van der Waals surface area contributed by atoms with Crippen molar-refractivity contribution in [3.8, 4) is 0 Å². The van der Waals surface area contributed by atoms with Crippen molar-refractivity contribution in [3.05, 3.63) is 35.4 Å². The van der Waals surface area contributed by atoms with Crippen LogP contribution in [-0.4, -0.2) is 29.9 Å². The van der Waals surface area contributed by atoms with E-state index in [-0.39, 0.29) is 0 Å². The fourth-order valence-electron chi connectivity index (χ4n) is 3.61. The number of alkyl halides is 1. The summed E-state index contributed by atoms with van der Waals surface area (Å²) in [6, 6.07) is 9.70. The third-order valence-corrected chi connectivity index (χ3v) is 4.80. The highest BCUT2D eigenvalue weighted by Gasteiger charge is 2.30. The average molecular weight is 264 g/mol. The van der Waals surface area contributed by atoms with E-state index in [1.54, 1.807) is 11.1 Å². The van der Waals surface area contributed by atoms with Gasteiger partial charge in [0.1, 0.15) is 0 Å². The van der Waals surface area contributed by atoms with Crippen molar-refractivity contribution in [3.63, 3.8) is 0 Å². The minimum Gasteiger partial charge on any atom is -0.299 e. The lowest BCUT2D eigenvalue weighted by Gasteiger charge is -2.37. The maximum atomic E-state index is 5.98. The normalized spacial score (nSPS) is 23.1. The van der Waals surface area contributed by atoms with Crippen LogP contribution in [0.25, 0.3) is 0 Å². The van der Waals surface area contributed by atoms with Gasteiger partial charge in [0.05, 0.1) is 0 Å². The topological polar surface area (TPSA) is 3.24 Å². The Morgan fingerprint density at radius 1 is 1.17 bits per heavy atom. The molecular weight excluding hydrogens is 242 g/mol. The Kier molecular flexibility index (Phi) is 3.91. The first-order valence-electron chi connectivity index (χ1n) is 7.26. The predicted molar refractivity (Wildman–Crippen MR) is 77.4 cm³/mol. The second-order valence-corrected chi connectivity index (χ2v) is 6.10. The van der Waals surface area contributed by atoms with Gasteiger partial charge in [0.15, 0.2) is 0 Å². The smallest absolute Gasteiger partial charge is 0.0351 e. The van der Waals surface area contributed by atoms with Crippen LogP contribution in [0.5, 0.6) is 0 Å². The molecule has 2 aliphatic rings. The molecule has 18 heavy (non-hydrogen) atoms. The Labute approximate surface area is 115 Å². The Bertz CT molecular complexity index is 398. The zero-order valence-corrected chi connectivity index (χ0v) is 11.7. The molecular formula is C16H22ClN.